The van der Waals surface area contributed by atoms with Crippen LogP contribution in [0.2, 0.25) is 0 Å². The number of hydrogen-bond acceptors (Lipinski definition) is 12. The molecule has 0 bridgehead atoms. The normalized spacial score (nSPS) is 13.9. The molecule has 2 saturated heterocycles. The van der Waals surface area contributed by atoms with Gasteiger partial charge in [0.25, 0.3) is 0 Å². The lowest BCUT2D eigenvalue weighted by atomic mass is 9.97. The number of aryl methyl sites for hydroxylation is 4. The zero-order valence-electron chi connectivity index (χ0n) is 57.7. The van der Waals surface area contributed by atoms with Gasteiger partial charge in [0.2, 0.25) is 0 Å². The number of esters is 2. The molecule has 12 aromatic carbocycles. The first-order chi connectivity index (χ1) is 48.0. The minimum atomic E-state index is -1.04. The Morgan fingerprint density at radius 2 is 0.602 bits per heavy atom. The molecule has 0 spiro atoms. The number of benzene rings is 12. The zero-order valence-corrected chi connectivity index (χ0v) is 57.7. The molecule has 0 aromatic heterocycles. The van der Waals surface area contributed by atoms with Crippen molar-refractivity contribution >= 4 is 76.6 Å². The second-order valence-corrected chi connectivity index (χ2v) is 23.4. The van der Waals surface area contributed by atoms with Gasteiger partial charge in [-0.05, 0) is 173 Å². The largest absolute Gasteiger partial charge is 0.491 e. The lowest BCUT2D eigenvalue weighted by molar-refractivity contribution is 0.0130. The molecule has 12 nitrogen and oxygen atoms in total. The van der Waals surface area contributed by atoms with E-state index < -0.39 is 24.1 Å². The SMILES string of the molecule is CC.CC.CCc1ccc(CC)cc1.CCc1ccc(CC)cc1.O=C(OCC(O)COc1ccc2cc(OCC(O)COC(=O)c3c4ccccc4cc4ccccc34)ccc2c1)c1c2ccccc2cc2ccccc12.c1cc2cc(OCC3CO3)ccc2cc1OCC1CO1. The lowest BCUT2D eigenvalue weighted by Crippen LogP contribution is -2.25. The molecule has 0 aliphatic carbocycles. The molecule has 2 heterocycles. The Kier molecular flexibility index (Phi) is 27.4. The van der Waals surface area contributed by atoms with Crippen LogP contribution in [0.15, 0.2) is 231 Å². The molecule has 14 rings (SSSR count). The van der Waals surface area contributed by atoms with Crippen LogP contribution in [0.1, 0.15) is 98.4 Å². The third-order valence-corrected chi connectivity index (χ3v) is 16.6. The molecule has 508 valence electrons. The maximum Gasteiger partial charge on any atom is 0.339 e. The van der Waals surface area contributed by atoms with Gasteiger partial charge in [0.15, 0.2) is 0 Å². The molecule has 4 unspecified atom stereocenters. The van der Waals surface area contributed by atoms with Crippen LogP contribution in [-0.2, 0) is 44.6 Å². The van der Waals surface area contributed by atoms with E-state index in [9.17, 15) is 19.8 Å². The third-order valence-electron chi connectivity index (χ3n) is 16.6. The van der Waals surface area contributed by atoms with Gasteiger partial charge in [-0.2, -0.15) is 0 Å². The summed E-state index contributed by atoms with van der Waals surface area (Å²) < 4.78 is 44.5. The first-order valence-corrected chi connectivity index (χ1v) is 34.5. The fraction of sp³-hybridized carbons (Fsp3) is 0.279. The van der Waals surface area contributed by atoms with E-state index in [1.165, 1.54) is 22.3 Å². The van der Waals surface area contributed by atoms with E-state index in [0.717, 1.165) is 115 Å². The van der Waals surface area contributed by atoms with Crippen LogP contribution in [0.3, 0.4) is 0 Å². The van der Waals surface area contributed by atoms with Crippen LogP contribution >= 0.6 is 0 Å². The summed E-state index contributed by atoms with van der Waals surface area (Å²) in [5.41, 5.74) is 6.65. The van der Waals surface area contributed by atoms with Crippen molar-refractivity contribution in [1.29, 1.82) is 0 Å². The lowest BCUT2D eigenvalue weighted by Gasteiger charge is -2.16. The smallest absolute Gasteiger partial charge is 0.339 e. The van der Waals surface area contributed by atoms with Crippen molar-refractivity contribution in [2.75, 3.05) is 52.9 Å². The maximum atomic E-state index is 13.3. The number of carbonyl (C=O) groups is 2. The van der Waals surface area contributed by atoms with Gasteiger partial charge in [0.05, 0.1) is 24.3 Å². The molecular weight excluding hydrogens is 1220 g/mol. The number of hydrogen-bond donors (Lipinski definition) is 2. The number of fused-ring (bicyclic) bond motifs is 6. The predicted molar refractivity (Wildman–Crippen MR) is 398 cm³/mol. The maximum absolute atomic E-state index is 13.3. The van der Waals surface area contributed by atoms with Gasteiger partial charge >= 0.3 is 11.9 Å². The number of epoxide rings is 2. The molecule has 12 heteroatoms. The Hall–Kier alpha value is -9.82. The summed E-state index contributed by atoms with van der Waals surface area (Å²) in [6.07, 6.45) is 3.05. The third kappa shape index (κ3) is 20.6. The zero-order chi connectivity index (χ0) is 69.2. The summed E-state index contributed by atoms with van der Waals surface area (Å²) in [6.45, 7) is 19.0. The van der Waals surface area contributed by atoms with E-state index in [1.807, 2.05) is 185 Å². The van der Waals surface area contributed by atoms with Gasteiger partial charge in [0.1, 0.15) is 87.1 Å². The Balaban J connectivity index is 0.000000205. The number of carbonyl (C=O) groups excluding carboxylic acids is 2. The quantitative estimate of drug-likeness (QED) is 0.0377. The van der Waals surface area contributed by atoms with E-state index in [-0.39, 0.29) is 38.6 Å². The van der Waals surface area contributed by atoms with E-state index >= 15 is 0 Å². The Bertz CT molecular complexity index is 4060. The molecule has 2 fully saturated rings. The van der Waals surface area contributed by atoms with Crippen molar-refractivity contribution in [3.8, 4) is 23.0 Å². The molecule has 4 atom stereocenters. The fourth-order valence-corrected chi connectivity index (χ4v) is 10.9. The minimum Gasteiger partial charge on any atom is -0.491 e. The van der Waals surface area contributed by atoms with Gasteiger partial charge in [0, 0.05) is 0 Å². The van der Waals surface area contributed by atoms with Crippen LogP contribution in [-0.4, -0.2) is 99.4 Å². The number of aliphatic hydroxyl groups is 2. The molecule has 98 heavy (non-hydrogen) atoms. The van der Waals surface area contributed by atoms with Gasteiger partial charge in [-0.25, -0.2) is 9.59 Å². The van der Waals surface area contributed by atoms with Crippen molar-refractivity contribution in [3.63, 3.8) is 0 Å². The number of aliphatic hydroxyl groups excluding tert-OH is 2. The molecule has 0 radical (unpaired) electrons. The van der Waals surface area contributed by atoms with Crippen LogP contribution in [0, 0.1) is 0 Å². The summed E-state index contributed by atoms with van der Waals surface area (Å²) in [6, 6.07) is 75.5. The van der Waals surface area contributed by atoms with Crippen LogP contribution in [0.25, 0.3) is 64.6 Å². The summed E-state index contributed by atoms with van der Waals surface area (Å²) in [7, 11) is 0. The summed E-state index contributed by atoms with van der Waals surface area (Å²) in [5, 5.41) is 32.2. The molecule has 12 aromatic rings. The first kappa shape index (κ1) is 72.4. The monoisotopic (exact) mass is 1320 g/mol. The highest BCUT2D eigenvalue weighted by Crippen LogP contribution is 2.33. The van der Waals surface area contributed by atoms with Crippen LogP contribution in [0.4, 0.5) is 0 Å². The predicted octanol–water partition coefficient (Wildman–Crippen LogP) is 18.7. The van der Waals surface area contributed by atoms with Crippen molar-refractivity contribution < 1.29 is 57.7 Å². The number of rotatable bonds is 22. The highest BCUT2D eigenvalue weighted by molar-refractivity contribution is 6.17. The van der Waals surface area contributed by atoms with Gasteiger partial charge in [-0.1, -0.05) is 225 Å². The van der Waals surface area contributed by atoms with Crippen molar-refractivity contribution in [3.05, 3.63) is 264 Å². The van der Waals surface area contributed by atoms with Gasteiger partial charge in [-0.3, -0.25) is 0 Å². The average Bonchev–Trinajstić information content (AvgIpc) is 1.01. The first-order valence-electron chi connectivity index (χ1n) is 34.5. The summed E-state index contributed by atoms with van der Waals surface area (Å²) in [5.74, 6) is 1.83. The highest BCUT2D eigenvalue weighted by atomic mass is 16.6. The second-order valence-electron chi connectivity index (χ2n) is 23.4. The summed E-state index contributed by atoms with van der Waals surface area (Å²) in [4.78, 5) is 26.6. The van der Waals surface area contributed by atoms with Crippen LogP contribution in [0.5, 0.6) is 23.0 Å². The molecule has 2 aliphatic heterocycles. The molecule has 0 saturated carbocycles. The highest BCUT2D eigenvalue weighted by Gasteiger charge is 2.25. The molecular formula is C86H92O12. The Morgan fingerprint density at radius 1 is 0.347 bits per heavy atom. The van der Waals surface area contributed by atoms with Crippen molar-refractivity contribution in [1.82, 2.24) is 0 Å². The summed E-state index contributed by atoms with van der Waals surface area (Å²) >= 11 is 0. The van der Waals surface area contributed by atoms with Gasteiger partial charge in [-0.15, -0.1) is 0 Å². The topological polar surface area (TPSA) is 155 Å². The second kappa shape index (κ2) is 37.1. The van der Waals surface area contributed by atoms with E-state index in [1.54, 1.807) is 12.1 Å². The van der Waals surface area contributed by atoms with E-state index in [2.05, 4.69) is 88.4 Å². The van der Waals surface area contributed by atoms with Crippen molar-refractivity contribution in [2.45, 2.75) is 105 Å². The van der Waals surface area contributed by atoms with Gasteiger partial charge < -0.3 is 48.1 Å². The molecule has 0 amide bonds. The average molecular weight is 1320 g/mol. The standard InChI is InChI=1S/C46H36O8.C16H16O4.2C10H14.2C2H6/c47-35(27-53-45(49)43-39-13-5-1-9-31(39)21-32-10-2-6-14-40(32)43)25-51-37-19-17-30-24-38(20-18-29(30)23-37)52-26-36(48)28-54-46(50)44-41-15-7-3-11-33(41)22-34-12-4-8-16-42(34)44;1-3-13(17-7-15-9-19-15)6-12-2-4-14(5-11(1)12)18-8-16-10-20-16;2*1-3-9-5-7-10(4-2)8-6-9;2*1-2/h1-24,35-36,47-48H,25-28H2;1-6,15-16H,7-10H2;2*5-8H,3-4H2,1-2H3;2*1-2H3. The Labute approximate surface area is 576 Å². The number of ether oxygens (including phenoxy) is 8. The molecule has 2 N–H and O–H groups in total. The van der Waals surface area contributed by atoms with E-state index in [4.69, 9.17) is 37.9 Å². The van der Waals surface area contributed by atoms with Crippen LogP contribution < -0.4 is 18.9 Å². The van der Waals surface area contributed by atoms with Crippen molar-refractivity contribution in [2.24, 2.45) is 0 Å². The van der Waals surface area contributed by atoms with E-state index in [0.29, 0.717) is 35.8 Å². The Morgan fingerprint density at radius 3 is 0.857 bits per heavy atom. The molecule has 2 aliphatic rings. The fourth-order valence-electron chi connectivity index (χ4n) is 10.9. The minimum absolute atomic E-state index is 0.0740.